The van der Waals surface area contributed by atoms with E-state index >= 15 is 0 Å². The summed E-state index contributed by atoms with van der Waals surface area (Å²) < 4.78 is 27.3. The maximum absolute atomic E-state index is 13.5. The van der Waals surface area contributed by atoms with Crippen LogP contribution in [0.4, 0.5) is 8.78 Å². The lowest BCUT2D eigenvalue weighted by molar-refractivity contribution is 0.503. The molecule has 1 heterocycles. The van der Waals surface area contributed by atoms with Gasteiger partial charge in [-0.3, -0.25) is 0 Å². The zero-order valence-corrected chi connectivity index (χ0v) is 13.6. The van der Waals surface area contributed by atoms with Crippen LogP contribution in [0.1, 0.15) is 23.6 Å². The Kier molecular flexibility index (Phi) is 4.62. The minimum atomic E-state index is -0.257. The number of nitrogens with one attached hydrogen (secondary N) is 1. The second-order valence-corrected chi connectivity index (χ2v) is 6.98. The molecular weight excluding hydrogens is 356 g/mol. The smallest absolute Gasteiger partial charge is 0.124 e. The molecule has 1 nitrogen and oxygen atoms in total. The molecule has 0 spiro atoms. The topological polar surface area (TPSA) is 12.0 Å². The fourth-order valence-electron chi connectivity index (χ4n) is 2.48. The molecule has 1 unspecified atom stereocenters. The number of fused-ring (bicyclic) bond motifs is 1. The minimum Gasteiger partial charge on any atom is -0.306 e. The lowest BCUT2D eigenvalue weighted by atomic mass is 10.0. The molecule has 0 aliphatic carbocycles. The normalized spacial score (nSPS) is 17.6. The average molecular weight is 370 g/mol. The molecular formula is C16H14BrF2NS. The van der Waals surface area contributed by atoms with Crippen LogP contribution in [0.5, 0.6) is 0 Å². The van der Waals surface area contributed by atoms with E-state index in [1.807, 2.05) is 6.07 Å². The van der Waals surface area contributed by atoms with E-state index in [2.05, 4.69) is 21.2 Å². The molecule has 0 saturated carbocycles. The largest absolute Gasteiger partial charge is 0.306 e. The first-order valence-electron chi connectivity index (χ1n) is 6.73. The van der Waals surface area contributed by atoms with Crippen LogP contribution in [-0.4, -0.2) is 5.75 Å². The van der Waals surface area contributed by atoms with Crippen molar-refractivity contribution in [1.29, 1.82) is 0 Å². The van der Waals surface area contributed by atoms with E-state index in [1.165, 1.54) is 18.2 Å². The van der Waals surface area contributed by atoms with E-state index in [9.17, 15) is 8.78 Å². The van der Waals surface area contributed by atoms with Crippen LogP contribution in [-0.2, 0) is 6.54 Å². The summed E-state index contributed by atoms with van der Waals surface area (Å²) in [6.45, 7) is 0.617. The number of hydrogen-bond donors (Lipinski definition) is 1. The van der Waals surface area contributed by atoms with Crippen LogP contribution >= 0.6 is 27.7 Å². The maximum atomic E-state index is 13.5. The molecule has 0 fully saturated rings. The fourth-order valence-corrected chi connectivity index (χ4v) is 4.07. The summed E-state index contributed by atoms with van der Waals surface area (Å²) in [7, 11) is 0. The van der Waals surface area contributed by atoms with E-state index < -0.39 is 0 Å². The van der Waals surface area contributed by atoms with Gasteiger partial charge in [0.1, 0.15) is 11.6 Å². The van der Waals surface area contributed by atoms with Gasteiger partial charge in [0.05, 0.1) is 0 Å². The summed E-state index contributed by atoms with van der Waals surface area (Å²) in [6.07, 6.45) is 0.958. The standard InChI is InChI=1S/C16H14BrF2NS/c17-14-8-12(19)2-1-10(14)9-20-15-5-6-21-16-4-3-11(18)7-13(15)16/h1-4,7-8,15,20H,5-6,9H2. The zero-order valence-electron chi connectivity index (χ0n) is 11.2. The van der Waals surface area contributed by atoms with Crippen LogP contribution in [0.2, 0.25) is 0 Å². The molecule has 110 valence electrons. The van der Waals surface area contributed by atoms with Crippen molar-refractivity contribution in [3.8, 4) is 0 Å². The summed E-state index contributed by atoms with van der Waals surface area (Å²) in [5.41, 5.74) is 2.01. The van der Waals surface area contributed by atoms with Gasteiger partial charge in [0.25, 0.3) is 0 Å². The number of halogens is 3. The van der Waals surface area contributed by atoms with Gasteiger partial charge in [0.2, 0.25) is 0 Å². The van der Waals surface area contributed by atoms with Crippen molar-refractivity contribution in [2.75, 3.05) is 5.75 Å². The zero-order chi connectivity index (χ0) is 14.8. The first kappa shape index (κ1) is 15.0. The average Bonchev–Trinajstić information content (AvgIpc) is 2.46. The van der Waals surface area contributed by atoms with Crippen molar-refractivity contribution in [3.05, 3.63) is 63.6 Å². The fraction of sp³-hybridized carbons (Fsp3) is 0.250. The Labute approximate surface area is 135 Å². The van der Waals surface area contributed by atoms with E-state index in [1.54, 1.807) is 23.9 Å². The summed E-state index contributed by atoms with van der Waals surface area (Å²) >= 11 is 5.13. The summed E-state index contributed by atoms with van der Waals surface area (Å²) in [5, 5.41) is 3.45. The predicted octanol–water partition coefficient (Wildman–Crippen LogP) is 5.05. The Balaban J connectivity index is 1.76. The van der Waals surface area contributed by atoms with E-state index in [0.717, 1.165) is 32.7 Å². The molecule has 2 aromatic carbocycles. The molecule has 0 amide bonds. The molecule has 0 bridgehead atoms. The molecule has 1 aliphatic heterocycles. The Morgan fingerprint density at radius 1 is 1.14 bits per heavy atom. The minimum absolute atomic E-state index is 0.133. The first-order chi connectivity index (χ1) is 10.1. The lowest BCUT2D eigenvalue weighted by Crippen LogP contribution is -2.24. The second kappa shape index (κ2) is 6.46. The quantitative estimate of drug-likeness (QED) is 0.811. The van der Waals surface area contributed by atoms with Crippen molar-refractivity contribution in [2.24, 2.45) is 0 Å². The van der Waals surface area contributed by atoms with Gasteiger partial charge in [-0.2, -0.15) is 0 Å². The van der Waals surface area contributed by atoms with E-state index in [4.69, 9.17) is 0 Å². The summed E-state index contributed by atoms with van der Waals surface area (Å²) in [6, 6.07) is 9.76. The predicted molar refractivity (Wildman–Crippen MR) is 85.4 cm³/mol. The van der Waals surface area contributed by atoms with Gasteiger partial charge in [-0.15, -0.1) is 11.8 Å². The molecule has 0 saturated heterocycles. The Bertz CT molecular complexity index is 663. The number of thioether (sulfide) groups is 1. The highest BCUT2D eigenvalue weighted by Crippen LogP contribution is 2.36. The Hall–Kier alpha value is -0.910. The van der Waals surface area contributed by atoms with Gasteiger partial charge < -0.3 is 5.32 Å². The summed E-state index contributed by atoms with van der Waals surface area (Å²) in [4.78, 5) is 1.14. The summed E-state index contributed by atoms with van der Waals surface area (Å²) in [5.74, 6) is 0.555. The van der Waals surface area contributed by atoms with Crippen molar-refractivity contribution >= 4 is 27.7 Å². The van der Waals surface area contributed by atoms with Gasteiger partial charge in [0.15, 0.2) is 0 Å². The first-order valence-corrected chi connectivity index (χ1v) is 8.51. The lowest BCUT2D eigenvalue weighted by Gasteiger charge is -2.26. The van der Waals surface area contributed by atoms with Crippen molar-refractivity contribution in [2.45, 2.75) is 23.9 Å². The van der Waals surface area contributed by atoms with Crippen LogP contribution in [0.3, 0.4) is 0 Å². The molecule has 1 aliphatic rings. The van der Waals surface area contributed by atoms with Gasteiger partial charge in [-0.25, -0.2) is 8.78 Å². The van der Waals surface area contributed by atoms with Gasteiger partial charge in [0, 0.05) is 22.0 Å². The monoisotopic (exact) mass is 369 g/mol. The molecule has 0 aromatic heterocycles. The SMILES string of the molecule is Fc1ccc(CNC2CCSc3ccc(F)cc32)c(Br)c1. The molecule has 5 heteroatoms. The van der Waals surface area contributed by atoms with Gasteiger partial charge in [-0.1, -0.05) is 22.0 Å². The molecule has 2 aromatic rings. The van der Waals surface area contributed by atoms with Crippen molar-refractivity contribution in [1.82, 2.24) is 5.32 Å². The third-order valence-electron chi connectivity index (χ3n) is 3.57. The van der Waals surface area contributed by atoms with Crippen LogP contribution in [0.15, 0.2) is 45.8 Å². The molecule has 21 heavy (non-hydrogen) atoms. The molecule has 1 atom stereocenters. The van der Waals surface area contributed by atoms with Crippen molar-refractivity contribution < 1.29 is 8.78 Å². The maximum Gasteiger partial charge on any atom is 0.124 e. The second-order valence-electron chi connectivity index (χ2n) is 4.99. The number of hydrogen-bond acceptors (Lipinski definition) is 2. The Morgan fingerprint density at radius 2 is 1.90 bits per heavy atom. The van der Waals surface area contributed by atoms with Crippen LogP contribution in [0, 0.1) is 11.6 Å². The molecule has 0 radical (unpaired) electrons. The molecule has 3 rings (SSSR count). The van der Waals surface area contributed by atoms with E-state index in [-0.39, 0.29) is 17.7 Å². The van der Waals surface area contributed by atoms with Crippen LogP contribution in [0.25, 0.3) is 0 Å². The van der Waals surface area contributed by atoms with Crippen LogP contribution < -0.4 is 5.32 Å². The third-order valence-corrected chi connectivity index (χ3v) is 5.43. The number of rotatable bonds is 3. The Morgan fingerprint density at radius 3 is 2.71 bits per heavy atom. The van der Waals surface area contributed by atoms with Crippen molar-refractivity contribution in [3.63, 3.8) is 0 Å². The van der Waals surface area contributed by atoms with Gasteiger partial charge in [-0.05, 0) is 53.6 Å². The third kappa shape index (κ3) is 3.47. The number of benzene rings is 2. The highest BCUT2D eigenvalue weighted by atomic mass is 79.9. The highest BCUT2D eigenvalue weighted by Gasteiger charge is 2.21. The highest BCUT2D eigenvalue weighted by molar-refractivity contribution is 9.10. The molecule has 1 N–H and O–H groups in total. The van der Waals surface area contributed by atoms with E-state index in [0.29, 0.717) is 6.54 Å². The van der Waals surface area contributed by atoms with Gasteiger partial charge >= 0.3 is 0 Å².